The smallest absolute Gasteiger partial charge is 0.336 e. The average molecular weight is 261 g/mol. The van der Waals surface area contributed by atoms with Gasteiger partial charge >= 0.3 is 5.97 Å². The zero-order chi connectivity index (χ0) is 13.0. The molecule has 0 aliphatic carbocycles. The first-order valence-electron chi connectivity index (χ1n) is 5.74. The quantitative estimate of drug-likeness (QED) is 0.869. The number of aromatic carboxylic acids is 1. The van der Waals surface area contributed by atoms with Gasteiger partial charge in [-0.05, 0) is 30.7 Å². The van der Waals surface area contributed by atoms with Crippen molar-refractivity contribution in [2.45, 2.75) is 20.0 Å². The average Bonchev–Trinajstić information content (AvgIpc) is 2.75. The summed E-state index contributed by atoms with van der Waals surface area (Å²) in [4.78, 5) is 13.6. The van der Waals surface area contributed by atoms with Crippen LogP contribution in [0.15, 0.2) is 36.4 Å². The van der Waals surface area contributed by atoms with E-state index in [1.165, 1.54) is 9.75 Å². The molecule has 0 aliphatic heterocycles. The van der Waals surface area contributed by atoms with Crippen LogP contribution in [0.2, 0.25) is 0 Å². The molecular formula is C14H15NO2S. The molecular weight excluding hydrogens is 246 g/mol. The Kier molecular flexibility index (Phi) is 4.12. The summed E-state index contributed by atoms with van der Waals surface area (Å²) in [5.74, 6) is -0.876. The number of carboxylic acids is 1. The molecule has 4 heteroatoms. The summed E-state index contributed by atoms with van der Waals surface area (Å²) in [5.41, 5.74) is 1.19. The maximum absolute atomic E-state index is 11.0. The molecule has 1 heterocycles. The van der Waals surface area contributed by atoms with E-state index in [1.807, 2.05) is 12.1 Å². The van der Waals surface area contributed by atoms with Gasteiger partial charge in [0.1, 0.15) is 0 Å². The van der Waals surface area contributed by atoms with E-state index in [4.69, 9.17) is 5.11 Å². The predicted octanol–water partition coefficient (Wildman–Crippen LogP) is 3.04. The van der Waals surface area contributed by atoms with Gasteiger partial charge in [0.25, 0.3) is 0 Å². The van der Waals surface area contributed by atoms with E-state index in [9.17, 15) is 4.79 Å². The van der Waals surface area contributed by atoms with Crippen molar-refractivity contribution in [3.05, 3.63) is 57.3 Å². The van der Waals surface area contributed by atoms with Gasteiger partial charge in [0, 0.05) is 22.8 Å². The molecule has 0 radical (unpaired) electrons. The van der Waals surface area contributed by atoms with Gasteiger partial charge in [0.2, 0.25) is 0 Å². The number of carboxylic acid groups (broad SMARTS) is 1. The minimum Gasteiger partial charge on any atom is -0.478 e. The number of carbonyl (C=O) groups is 1. The summed E-state index contributed by atoms with van der Waals surface area (Å²) in [6.07, 6.45) is 0. The molecule has 2 aromatic rings. The lowest BCUT2D eigenvalue weighted by atomic mass is 10.1. The number of rotatable bonds is 5. The third-order valence-corrected chi connectivity index (χ3v) is 3.66. The van der Waals surface area contributed by atoms with E-state index < -0.39 is 5.97 Å². The van der Waals surface area contributed by atoms with Crippen molar-refractivity contribution in [1.82, 2.24) is 5.32 Å². The lowest BCUT2D eigenvalue weighted by molar-refractivity contribution is 0.0695. The molecule has 1 aromatic heterocycles. The Labute approximate surface area is 110 Å². The number of thiophene rings is 1. The standard InChI is InChI=1S/C14H15NO2S/c1-10-6-7-12(18-10)9-15-8-11-4-2-3-5-13(11)14(16)17/h2-7,15H,8-9H2,1H3,(H,16,17). The second-order valence-corrected chi connectivity index (χ2v) is 5.45. The number of benzene rings is 1. The van der Waals surface area contributed by atoms with Crippen molar-refractivity contribution < 1.29 is 9.90 Å². The van der Waals surface area contributed by atoms with Crippen LogP contribution in [-0.2, 0) is 13.1 Å². The first-order chi connectivity index (χ1) is 8.66. The SMILES string of the molecule is Cc1ccc(CNCc2ccccc2C(=O)O)s1. The minimum absolute atomic E-state index is 0.368. The van der Waals surface area contributed by atoms with Crippen LogP contribution in [0, 0.1) is 6.92 Å². The second kappa shape index (κ2) is 5.80. The number of aryl methyl sites for hydroxylation is 1. The van der Waals surface area contributed by atoms with Crippen molar-refractivity contribution in [3.8, 4) is 0 Å². The maximum Gasteiger partial charge on any atom is 0.336 e. The molecule has 0 aliphatic rings. The van der Waals surface area contributed by atoms with Gasteiger partial charge < -0.3 is 10.4 Å². The Hall–Kier alpha value is -1.65. The molecule has 0 unspecified atom stereocenters. The Morgan fingerprint density at radius 2 is 2.00 bits per heavy atom. The van der Waals surface area contributed by atoms with Crippen LogP contribution in [-0.4, -0.2) is 11.1 Å². The summed E-state index contributed by atoms with van der Waals surface area (Å²) in [7, 11) is 0. The highest BCUT2D eigenvalue weighted by molar-refractivity contribution is 7.11. The van der Waals surface area contributed by atoms with E-state index >= 15 is 0 Å². The minimum atomic E-state index is -0.876. The van der Waals surface area contributed by atoms with E-state index in [2.05, 4.69) is 24.4 Å². The van der Waals surface area contributed by atoms with Crippen LogP contribution < -0.4 is 5.32 Å². The summed E-state index contributed by atoms with van der Waals surface area (Å²) in [5, 5.41) is 12.3. The van der Waals surface area contributed by atoms with E-state index in [0.29, 0.717) is 12.1 Å². The number of hydrogen-bond donors (Lipinski definition) is 2. The molecule has 0 saturated heterocycles. The van der Waals surface area contributed by atoms with E-state index in [1.54, 1.807) is 23.5 Å². The van der Waals surface area contributed by atoms with Crippen molar-refractivity contribution in [2.24, 2.45) is 0 Å². The van der Waals surface area contributed by atoms with Gasteiger partial charge in [-0.15, -0.1) is 11.3 Å². The first-order valence-corrected chi connectivity index (χ1v) is 6.55. The highest BCUT2D eigenvalue weighted by Gasteiger charge is 2.08. The third kappa shape index (κ3) is 3.18. The Bertz CT molecular complexity index is 548. The molecule has 0 bridgehead atoms. The van der Waals surface area contributed by atoms with Gasteiger partial charge in [-0.2, -0.15) is 0 Å². The van der Waals surface area contributed by atoms with Crippen molar-refractivity contribution in [3.63, 3.8) is 0 Å². The van der Waals surface area contributed by atoms with Crippen LogP contribution >= 0.6 is 11.3 Å². The Morgan fingerprint density at radius 3 is 2.67 bits per heavy atom. The molecule has 3 nitrogen and oxygen atoms in total. The van der Waals surface area contributed by atoms with Crippen molar-refractivity contribution in [1.29, 1.82) is 0 Å². The third-order valence-electron chi connectivity index (χ3n) is 2.66. The van der Waals surface area contributed by atoms with E-state index in [0.717, 1.165) is 12.1 Å². The molecule has 18 heavy (non-hydrogen) atoms. The molecule has 94 valence electrons. The van der Waals surface area contributed by atoms with Crippen molar-refractivity contribution >= 4 is 17.3 Å². The topological polar surface area (TPSA) is 49.3 Å². The highest BCUT2D eigenvalue weighted by Crippen LogP contribution is 2.15. The zero-order valence-corrected chi connectivity index (χ0v) is 11.0. The number of nitrogens with one attached hydrogen (secondary N) is 1. The lowest BCUT2D eigenvalue weighted by Crippen LogP contribution is -2.14. The Balaban J connectivity index is 1.96. The molecule has 0 saturated carbocycles. The molecule has 0 fully saturated rings. The molecule has 0 spiro atoms. The monoisotopic (exact) mass is 261 g/mol. The van der Waals surface area contributed by atoms with Crippen LogP contribution in [0.25, 0.3) is 0 Å². The maximum atomic E-state index is 11.0. The summed E-state index contributed by atoms with van der Waals surface area (Å²) in [6, 6.07) is 11.3. The fourth-order valence-electron chi connectivity index (χ4n) is 1.78. The summed E-state index contributed by atoms with van der Waals surface area (Å²) < 4.78 is 0. The number of hydrogen-bond acceptors (Lipinski definition) is 3. The largest absolute Gasteiger partial charge is 0.478 e. The van der Waals surface area contributed by atoms with Gasteiger partial charge in [-0.1, -0.05) is 18.2 Å². The van der Waals surface area contributed by atoms with Crippen LogP contribution in [0.4, 0.5) is 0 Å². The molecule has 2 rings (SSSR count). The Morgan fingerprint density at radius 1 is 1.22 bits per heavy atom. The fourth-order valence-corrected chi connectivity index (χ4v) is 2.64. The lowest BCUT2D eigenvalue weighted by Gasteiger charge is -2.06. The zero-order valence-electron chi connectivity index (χ0n) is 10.1. The van der Waals surface area contributed by atoms with Gasteiger partial charge in [0.05, 0.1) is 5.56 Å². The molecule has 0 atom stereocenters. The van der Waals surface area contributed by atoms with Gasteiger partial charge in [-0.3, -0.25) is 0 Å². The first kappa shape index (κ1) is 12.8. The summed E-state index contributed by atoms with van der Waals surface area (Å²) >= 11 is 1.75. The van der Waals surface area contributed by atoms with Gasteiger partial charge in [0.15, 0.2) is 0 Å². The normalized spacial score (nSPS) is 10.5. The molecule has 0 amide bonds. The van der Waals surface area contributed by atoms with Crippen LogP contribution in [0.1, 0.15) is 25.7 Å². The fraction of sp³-hybridized carbons (Fsp3) is 0.214. The van der Waals surface area contributed by atoms with E-state index in [-0.39, 0.29) is 0 Å². The van der Waals surface area contributed by atoms with Crippen LogP contribution in [0.3, 0.4) is 0 Å². The predicted molar refractivity (Wildman–Crippen MR) is 73.0 cm³/mol. The highest BCUT2D eigenvalue weighted by atomic mass is 32.1. The molecule has 1 aromatic carbocycles. The summed E-state index contributed by atoms with van der Waals surface area (Å²) in [6.45, 7) is 3.42. The van der Waals surface area contributed by atoms with Crippen molar-refractivity contribution in [2.75, 3.05) is 0 Å². The molecule has 2 N–H and O–H groups in total. The van der Waals surface area contributed by atoms with Gasteiger partial charge in [-0.25, -0.2) is 4.79 Å². The van der Waals surface area contributed by atoms with Crippen LogP contribution in [0.5, 0.6) is 0 Å². The second-order valence-electron chi connectivity index (χ2n) is 4.08.